The Kier molecular flexibility index (Phi) is 7.41. The van der Waals surface area contributed by atoms with E-state index in [0.717, 1.165) is 11.3 Å². The zero-order chi connectivity index (χ0) is 26.3. The van der Waals surface area contributed by atoms with E-state index in [2.05, 4.69) is 0 Å². The number of nitrogens with zero attached hydrogens (tertiary/aromatic N) is 3. The molecule has 0 bridgehead atoms. The van der Waals surface area contributed by atoms with E-state index in [9.17, 15) is 31.5 Å². The van der Waals surface area contributed by atoms with Gasteiger partial charge in [0.2, 0.25) is 5.91 Å². The average molecular weight is 548 g/mol. The first-order valence-corrected chi connectivity index (χ1v) is 13.7. The molecule has 1 amide bonds. The number of ether oxygens (including phenoxy) is 1. The molecule has 2 fully saturated rings. The molecule has 8 nitrogen and oxygen atoms in total. The van der Waals surface area contributed by atoms with Crippen LogP contribution >= 0.6 is 11.3 Å². The second-order valence-electron chi connectivity index (χ2n) is 9.17. The quantitative estimate of drug-likeness (QED) is 0.598. The summed E-state index contributed by atoms with van der Waals surface area (Å²) in [5, 5.41) is 11.7. The molecule has 13 heteroatoms. The maximum atomic E-state index is 13.3. The molecule has 2 aliphatic heterocycles. The molecule has 1 aromatic heterocycles. The second-order valence-corrected chi connectivity index (χ2v) is 12.3. The maximum Gasteiger partial charge on any atom is 0.421 e. The molecule has 3 unspecified atom stereocenters. The van der Waals surface area contributed by atoms with Crippen molar-refractivity contribution in [3.63, 3.8) is 0 Å². The van der Waals surface area contributed by atoms with Crippen molar-refractivity contribution in [3.8, 4) is 0 Å². The van der Waals surface area contributed by atoms with Crippen molar-refractivity contribution in [1.82, 2.24) is 9.21 Å². The molecular formula is C23H28F3N3O5S2. The summed E-state index contributed by atoms with van der Waals surface area (Å²) in [5.74, 6) is -0.205. The smallest absolute Gasteiger partial charge is 0.376 e. The zero-order valence-electron chi connectivity index (χ0n) is 19.8. The number of carbonyl (C=O) groups excluding carboxylic acids is 1. The first-order valence-electron chi connectivity index (χ1n) is 11.4. The lowest BCUT2D eigenvalue weighted by Crippen LogP contribution is -2.61. The van der Waals surface area contributed by atoms with Crippen molar-refractivity contribution in [2.45, 2.75) is 41.9 Å². The summed E-state index contributed by atoms with van der Waals surface area (Å²) in [5.41, 5.74) is -2.73. The molecule has 2 aliphatic rings. The third-order valence-electron chi connectivity index (χ3n) is 6.69. The van der Waals surface area contributed by atoms with Crippen LogP contribution in [0.1, 0.15) is 19.4 Å². The van der Waals surface area contributed by atoms with Crippen molar-refractivity contribution in [1.29, 1.82) is 0 Å². The number of hydrogen-bond donors (Lipinski definition) is 1. The predicted molar refractivity (Wildman–Crippen MR) is 128 cm³/mol. The Morgan fingerprint density at radius 3 is 2.44 bits per heavy atom. The largest absolute Gasteiger partial charge is 0.421 e. The molecule has 4 rings (SSSR count). The molecule has 198 valence electrons. The summed E-state index contributed by atoms with van der Waals surface area (Å²) in [4.78, 5) is 16.1. The van der Waals surface area contributed by atoms with Crippen molar-refractivity contribution >= 4 is 33.0 Å². The Balaban J connectivity index is 1.63. The van der Waals surface area contributed by atoms with Gasteiger partial charge >= 0.3 is 6.18 Å². The van der Waals surface area contributed by atoms with Crippen LogP contribution in [-0.2, 0) is 25.2 Å². The van der Waals surface area contributed by atoms with Gasteiger partial charge in [0.1, 0.15) is 10.8 Å². The molecule has 0 saturated carbocycles. The van der Waals surface area contributed by atoms with E-state index >= 15 is 0 Å². The summed E-state index contributed by atoms with van der Waals surface area (Å²) in [6, 6.07) is 7.95. The van der Waals surface area contributed by atoms with Crippen LogP contribution < -0.4 is 4.90 Å². The number of alkyl halides is 3. The number of carbonyl (C=O) groups is 1. The van der Waals surface area contributed by atoms with Crippen LogP contribution in [0.2, 0.25) is 0 Å². The van der Waals surface area contributed by atoms with Gasteiger partial charge in [0.25, 0.3) is 10.0 Å². The molecular weight excluding hydrogens is 519 g/mol. The van der Waals surface area contributed by atoms with Crippen molar-refractivity contribution in [3.05, 3.63) is 47.3 Å². The molecule has 36 heavy (non-hydrogen) atoms. The number of sulfonamides is 1. The third-order valence-corrected chi connectivity index (χ3v) is 9.93. The van der Waals surface area contributed by atoms with E-state index in [1.54, 1.807) is 22.4 Å². The summed E-state index contributed by atoms with van der Waals surface area (Å²) in [6.07, 6.45) is -4.84. The fraction of sp³-hybridized carbons (Fsp3) is 0.522. The van der Waals surface area contributed by atoms with Crippen LogP contribution in [0, 0.1) is 0 Å². The summed E-state index contributed by atoms with van der Waals surface area (Å²) < 4.78 is 73.1. The van der Waals surface area contributed by atoms with Crippen LogP contribution in [-0.4, -0.2) is 86.3 Å². The molecule has 0 aliphatic carbocycles. The number of amides is 1. The Labute approximate surface area is 211 Å². The van der Waals surface area contributed by atoms with E-state index in [4.69, 9.17) is 4.74 Å². The van der Waals surface area contributed by atoms with E-state index in [0.29, 0.717) is 19.2 Å². The van der Waals surface area contributed by atoms with E-state index in [1.165, 1.54) is 28.6 Å². The third kappa shape index (κ3) is 5.12. The van der Waals surface area contributed by atoms with Gasteiger partial charge in [-0.25, -0.2) is 8.42 Å². The van der Waals surface area contributed by atoms with E-state index in [-0.39, 0.29) is 54.5 Å². The van der Waals surface area contributed by atoms with Crippen LogP contribution in [0.25, 0.3) is 0 Å². The highest BCUT2D eigenvalue weighted by atomic mass is 32.2. The van der Waals surface area contributed by atoms with Gasteiger partial charge in [-0.05, 0) is 43.0 Å². The fourth-order valence-corrected chi connectivity index (χ4v) is 7.08. The number of morpholine rings is 1. The van der Waals surface area contributed by atoms with E-state index < -0.39 is 27.8 Å². The summed E-state index contributed by atoms with van der Waals surface area (Å²) in [7, 11) is -3.73. The predicted octanol–water partition coefficient (Wildman–Crippen LogP) is 2.64. The lowest BCUT2D eigenvalue weighted by atomic mass is 9.95. The van der Waals surface area contributed by atoms with Crippen molar-refractivity contribution in [2.24, 2.45) is 0 Å². The van der Waals surface area contributed by atoms with Gasteiger partial charge in [0, 0.05) is 31.9 Å². The normalized spacial score (nSPS) is 24.1. The van der Waals surface area contributed by atoms with Crippen LogP contribution in [0.5, 0.6) is 0 Å². The van der Waals surface area contributed by atoms with Gasteiger partial charge in [-0.2, -0.15) is 17.5 Å². The first-order chi connectivity index (χ1) is 16.8. The number of aliphatic hydroxyl groups is 1. The number of anilines is 1. The SMILES string of the molecule is CC1COCC(=O)N1CC1CN(S(=O)(=O)c2cccs2)CCN1c1ccc(C(C)(O)C(F)(F)F)cc1. The molecule has 0 spiro atoms. The van der Waals surface area contributed by atoms with Crippen molar-refractivity contribution in [2.75, 3.05) is 44.3 Å². The number of thiophene rings is 1. The molecule has 2 aromatic rings. The number of halogens is 3. The minimum absolute atomic E-state index is 0.0600. The van der Waals surface area contributed by atoms with Crippen LogP contribution in [0.4, 0.5) is 18.9 Å². The van der Waals surface area contributed by atoms with Gasteiger partial charge in [-0.3, -0.25) is 4.79 Å². The molecule has 0 radical (unpaired) electrons. The topological polar surface area (TPSA) is 90.4 Å². The zero-order valence-corrected chi connectivity index (χ0v) is 21.4. The molecule has 1 N–H and O–H groups in total. The first kappa shape index (κ1) is 26.9. The highest BCUT2D eigenvalue weighted by molar-refractivity contribution is 7.91. The summed E-state index contributed by atoms with van der Waals surface area (Å²) in [6.45, 7) is 3.61. The Morgan fingerprint density at radius 2 is 1.86 bits per heavy atom. The maximum absolute atomic E-state index is 13.3. The van der Waals surface area contributed by atoms with Gasteiger partial charge in [0.05, 0.1) is 18.7 Å². The molecule has 1 aromatic carbocycles. The molecule has 3 heterocycles. The average Bonchev–Trinajstić information content (AvgIpc) is 3.37. The monoisotopic (exact) mass is 547 g/mol. The second kappa shape index (κ2) is 9.93. The lowest BCUT2D eigenvalue weighted by Gasteiger charge is -2.45. The number of rotatable bonds is 6. The van der Waals surface area contributed by atoms with Crippen LogP contribution in [0.3, 0.4) is 0 Å². The Morgan fingerprint density at radius 1 is 1.17 bits per heavy atom. The van der Waals surface area contributed by atoms with Gasteiger partial charge in [0.15, 0.2) is 5.60 Å². The minimum Gasteiger partial charge on any atom is -0.376 e. The lowest BCUT2D eigenvalue weighted by molar-refractivity contribution is -0.258. The van der Waals surface area contributed by atoms with Gasteiger partial charge < -0.3 is 19.6 Å². The van der Waals surface area contributed by atoms with E-state index in [1.807, 2.05) is 11.8 Å². The van der Waals surface area contributed by atoms with Gasteiger partial charge in [-0.1, -0.05) is 18.2 Å². The Bertz CT molecular complexity index is 1170. The Hall–Kier alpha value is -2.19. The van der Waals surface area contributed by atoms with Crippen LogP contribution in [0.15, 0.2) is 46.0 Å². The van der Waals surface area contributed by atoms with Crippen molar-refractivity contribution < 1.29 is 36.2 Å². The molecule has 3 atom stereocenters. The number of hydrogen-bond acceptors (Lipinski definition) is 7. The highest BCUT2D eigenvalue weighted by Gasteiger charge is 2.51. The number of piperazine rings is 1. The minimum atomic E-state index is -4.84. The molecule has 2 saturated heterocycles. The van der Waals surface area contributed by atoms with Gasteiger partial charge in [-0.15, -0.1) is 11.3 Å². The number of benzene rings is 1. The standard InChI is InChI=1S/C23H28F3N3O5S2/c1-16-14-34-15-20(30)29(16)13-19-12-27(36(32,33)21-4-3-11-35-21)9-10-28(19)18-7-5-17(6-8-18)22(2,31)23(24,25)26/h3-8,11,16,19,31H,9-10,12-15H2,1-2H3. The highest BCUT2D eigenvalue weighted by Crippen LogP contribution is 2.39. The fourth-order valence-electron chi connectivity index (χ4n) is 4.46. The summed E-state index contributed by atoms with van der Waals surface area (Å²) >= 11 is 1.12.